The van der Waals surface area contributed by atoms with Crippen molar-refractivity contribution in [2.45, 2.75) is 13.1 Å². The summed E-state index contributed by atoms with van der Waals surface area (Å²) in [6, 6.07) is 6.14. The standard InChI is InChI=1S/C15H12F3N5O2S/c1-7-5-10(25-23-7)21-13(24)11-12(19)22-14(26-11)20-9-4-2-3-8(6-9)15(16,17)18/h2-6H,19H2,1H3,(H,20,22)(H,21,24). The number of benzene rings is 1. The molecule has 2 heterocycles. The zero-order valence-electron chi connectivity index (χ0n) is 13.2. The molecule has 136 valence electrons. The normalized spacial score (nSPS) is 11.4. The van der Waals surface area contributed by atoms with Gasteiger partial charge in [0, 0.05) is 11.8 Å². The van der Waals surface area contributed by atoms with Crippen molar-refractivity contribution in [2.24, 2.45) is 0 Å². The molecule has 0 bridgehead atoms. The summed E-state index contributed by atoms with van der Waals surface area (Å²) in [6.45, 7) is 1.69. The predicted octanol–water partition coefficient (Wildman–Crippen LogP) is 4.04. The van der Waals surface area contributed by atoms with Crippen LogP contribution in [0.1, 0.15) is 20.9 Å². The van der Waals surface area contributed by atoms with Crippen LogP contribution in [0.4, 0.5) is 35.7 Å². The quantitative estimate of drug-likeness (QED) is 0.628. The van der Waals surface area contributed by atoms with Gasteiger partial charge in [0.25, 0.3) is 5.91 Å². The van der Waals surface area contributed by atoms with Crippen molar-refractivity contribution < 1.29 is 22.5 Å². The zero-order chi connectivity index (χ0) is 18.9. The van der Waals surface area contributed by atoms with Gasteiger partial charge >= 0.3 is 6.18 Å². The van der Waals surface area contributed by atoms with E-state index in [0.717, 1.165) is 23.5 Å². The Labute approximate surface area is 149 Å². The summed E-state index contributed by atoms with van der Waals surface area (Å²) in [4.78, 5) is 16.3. The van der Waals surface area contributed by atoms with Gasteiger partial charge in [-0.1, -0.05) is 22.6 Å². The largest absolute Gasteiger partial charge is 0.416 e. The maximum atomic E-state index is 12.8. The number of nitrogens with two attached hydrogens (primary N) is 1. The number of halogens is 3. The first kappa shape index (κ1) is 17.7. The Morgan fingerprint density at radius 1 is 1.31 bits per heavy atom. The topological polar surface area (TPSA) is 106 Å². The van der Waals surface area contributed by atoms with Crippen LogP contribution >= 0.6 is 11.3 Å². The van der Waals surface area contributed by atoms with E-state index in [1.807, 2.05) is 0 Å². The second-order valence-electron chi connectivity index (χ2n) is 5.22. The minimum absolute atomic E-state index is 0.0572. The number of nitrogen functional groups attached to an aromatic ring is 1. The highest BCUT2D eigenvalue weighted by molar-refractivity contribution is 7.18. The molecule has 0 unspecified atom stereocenters. The van der Waals surface area contributed by atoms with Gasteiger partial charge in [0.15, 0.2) is 5.13 Å². The van der Waals surface area contributed by atoms with Gasteiger partial charge < -0.3 is 15.6 Å². The molecule has 7 nitrogen and oxygen atoms in total. The molecule has 1 aromatic carbocycles. The highest BCUT2D eigenvalue weighted by atomic mass is 32.1. The molecule has 0 aliphatic heterocycles. The number of carbonyl (C=O) groups excluding carboxylic acids is 1. The van der Waals surface area contributed by atoms with E-state index in [-0.39, 0.29) is 27.4 Å². The van der Waals surface area contributed by atoms with Crippen LogP contribution < -0.4 is 16.4 Å². The second kappa shape index (κ2) is 6.67. The van der Waals surface area contributed by atoms with Gasteiger partial charge in [-0.3, -0.25) is 10.1 Å². The van der Waals surface area contributed by atoms with E-state index in [9.17, 15) is 18.0 Å². The van der Waals surface area contributed by atoms with Crippen molar-refractivity contribution in [3.63, 3.8) is 0 Å². The summed E-state index contributed by atoms with van der Waals surface area (Å²) in [5.41, 5.74) is 5.69. The number of hydrogen-bond acceptors (Lipinski definition) is 7. The van der Waals surface area contributed by atoms with E-state index in [2.05, 4.69) is 20.8 Å². The summed E-state index contributed by atoms with van der Waals surface area (Å²) in [5, 5.41) is 9.00. The monoisotopic (exact) mass is 383 g/mol. The summed E-state index contributed by atoms with van der Waals surface area (Å²) in [6.07, 6.45) is -4.46. The van der Waals surface area contributed by atoms with Crippen LogP contribution in [-0.2, 0) is 6.18 Å². The van der Waals surface area contributed by atoms with Crippen molar-refractivity contribution in [1.82, 2.24) is 10.1 Å². The van der Waals surface area contributed by atoms with Crippen molar-refractivity contribution >= 4 is 39.8 Å². The molecule has 1 amide bonds. The number of aryl methyl sites for hydroxylation is 1. The lowest BCUT2D eigenvalue weighted by atomic mass is 10.2. The first-order valence-electron chi connectivity index (χ1n) is 7.17. The molecule has 3 rings (SSSR count). The number of nitrogens with one attached hydrogen (secondary N) is 2. The average Bonchev–Trinajstić information content (AvgIpc) is 3.12. The van der Waals surface area contributed by atoms with Crippen LogP contribution in [0, 0.1) is 6.92 Å². The number of nitrogens with zero attached hydrogens (tertiary/aromatic N) is 2. The van der Waals surface area contributed by atoms with E-state index < -0.39 is 17.6 Å². The maximum absolute atomic E-state index is 12.8. The third-order valence-corrected chi connectivity index (χ3v) is 4.15. The van der Waals surface area contributed by atoms with E-state index >= 15 is 0 Å². The molecule has 0 aliphatic rings. The van der Waals surface area contributed by atoms with E-state index in [4.69, 9.17) is 10.3 Å². The van der Waals surface area contributed by atoms with Gasteiger partial charge in [0.2, 0.25) is 5.88 Å². The number of carbonyl (C=O) groups is 1. The van der Waals surface area contributed by atoms with E-state index in [1.165, 1.54) is 18.2 Å². The smallest absolute Gasteiger partial charge is 0.382 e. The number of anilines is 4. The van der Waals surface area contributed by atoms with Gasteiger partial charge in [0.1, 0.15) is 10.7 Å². The summed E-state index contributed by atoms with van der Waals surface area (Å²) in [5.74, 6) is -0.473. The molecule has 0 radical (unpaired) electrons. The van der Waals surface area contributed by atoms with Gasteiger partial charge in [0.05, 0.1) is 11.3 Å². The number of alkyl halides is 3. The minimum atomic E-state index is -4.46. The van der Waals surface area contributed by atoms with E-state index in [0.29, 0.717) is 5.69 Å². The molecule has 26 heavy (non-hydrogen) atoms. The van der Waals surface area contributed by atoms with Crippen LogP contribution in [0.25, 0.3) is 0 Å². The number of thiazole rings is 1. The van der Waals surface area contributed by atoms with Crippen LogP contribution in [0.5, 0.6) is 0 Å². The van der Waals surface area contributed by atoms with Crippen molar-refractivity contribution in [3.05, 3.63) is 46.5 Å². The lowest BCUT2D eigenvalue weighted by Crippen LogP contribution is -2.11. The van der Waals surface area contributed by atoms with Gasteiger partial charge in [-0.15, -0.1) is 0 Å². The average molecular weight is 383 g/mol. The number of hydrogen-bond donors (Lipinski definition) is 3. The van der Waals surface area contributed by atoms with Crippen molar-refractivity contribution in [1.29, 1.82) is 0 Å². The Balaban J connectivity index is 1.77. The third-order valence-electron chi connectivity index (χ3n) is 3.17. The summed E-state index contributed by atoms with van der Waals surface area (Å²) in [7, 11) is 0. The van der Waals surface area contributed by atoms with Crippen LogP contribution in [0.2, 0.25) is 0 Å². The molecule has 4 N–H and O–H groups in total. The summed E-state index contributed by atoms with van der Waals surface area (Å²) >= 11 is 0.899. The highest BCUT2D eigenvalue weighted by Crippen LogP contribution is 2.33. The molecule has 0 atom stereocenters. The van der Waals surface area contributed by atoms with Crippen LogP contribution in [0.15, 0.2) is 34.9 Å². The Morgan fingerprint density at radius 3 is 2.73 bits per heavy atom. The molecular weight excluding hydrogens is 371 g/mol. The number of amides is 1. The number of aromatic nitrogens is 2. The molecule has 0 spiro atoms. The van der Waals surface area contributed by atoms with Crippen molar-refractivity contribution in [2.75, 3.05) is 16.4 Å². The first-order chi connectivity index (χ1) is 12.2. The molecule has 0 saturated carbocycles. The van der Waals surface area contributed by atoms with Crippen molar-refractivity contribution in [3.8, 4) is 0 Å². The summed E-state index contributed by atoms with van der Waals surface area (Å²) < 4.78 is 43.2. The fourth-order valence-corrected chi connectivity index (χ4v) is 2.84. The maximum Gasteiger partial charge on any atom is 0.416 e. The molecule has 0 saturated heterocycles. The fourth-order valence-electron chi connectivity index (χ4n) is 2.04. The predicted molar refractivity (Wildman–Crippen MR) is 90.4 cm³/mol. The van der Waals surface area contributed by atoms with Gasteiger partial charge in [-0.05, 0) is 25.1 Å². The van der Waals surface area contributed by atoms with Crippen LogP contribution in [-0.4, -0.2) is 16.0 Å². The molecule has 3 aromatic rings. The minimum Gasteiger partial charge on any atom is -0.382 e. The number of rotatable bonds is 4. The SMILES string of the molecule is Cc1cc(NC(=O)c2sc(Nc3cccc(C(F)(F)F)c3)nc2N)on1. The molecule has 0 fully saturated rings. The van der Waals surface area contributed by atoms with Crippen LogP contribution in [0.3, 0.4) is 0 Å². The van der Waals surface area contributed by atoms with E-state index in [1.54, 1.807) is 6.92 Å². The fraction of sp³-hybridized carbons (Fsp3) is 0.133. The molecule has 0 aliphatic carbocycles. The Hall–Kier alpha value is -3.08. The first-order valence-corrected chi connectivity index (χ1v) is 7.99. The zero-order valence-corrected chi connectivity index (χ0v) is 14.0. The lowest BCUT2D eigenvalue weighted by molar-refractivity contribution is -0.137. The Bertz CT molecular complexity index is 951. The lowest BCUT2D eigenvalue weighted by Gasteiger charge is -2.08. The Morgan fingerprint density at radius 2 is 2.08 bits per heavy atom. The highest BCUT2D eigenvalue weighted by Gasteiger charge is 2.30. The molecule has 11 heteroatoms. The Kier molecular flexibility index (Phi) is 4.55. The second-order valence-corrected chi connectivity index (χ2v) is 6.22. The third kappa shape index (κ3) is 3.94. The van der Waals surface area contributed by atoms with Gasteiger partial charge in [-0.25, -0.2) is 4.98 Å². The van der Waals surface area contributed by atoms with Gasteiger partial charge in [-0.2, -0.15) is 13.2 Å². The molecular formula is C15H12F3N5O2S. The molecule has 2 aromatic heterocycles.